The van der Waals surface area contributed by atoms with Crippen molar-refractivity contribution in [1.29, 1.82) is 0 Å². The SMILES string of the molecule is Cc1noc(C(=O)OCc2ccccc2)n1. The van der Waals surface area contributed by atoms with E-state index in [-0.39, 0.29) is 12.5 Å². The topological polar surface area (TPSA) is 65.2 Å². The average molecular weight is 218 g/mol. The Bertz CT molecular complexity index is 479. The van der Waals surface area contributed by atoms with Crippen molar-refractivity contribution in [2.24, 2.45) is 0 Å². The second-order valence-electron chi connectivity index (χ2n) is 3.21. The van der Waals surface area contributed by atoms with Gasteiger partial charge >= 0.3 is 11.9 Å². The van der Waals surface area contributed by atoms with Crippen LogP contribution in [0.2, 0.25) is 0 Å². The Morgan fingerprint density at radius 2 is 2.12 bits per heavy atom. The fraction of sp³-hybridized carbons (Fsp3) is 0.182. The molecule has 1 heterocycles. The zero-order valence-electron chi connectivity index (χ0n) is 8.71. The summed E-state index contributed by atoms with van der Waals surface area (Å²) in [6.07, 6.45) is 0. The third-order valence-electron chi connectivity index (χ3n) is 1.91. The molecule has 16 heavy (non-hydrogen) atoms. The lowest BCUT2D eigenvalue weighted by Crippen LogP contribution is -2.05. The van der Waals surface area contributed by atoms with Crippen LogP contribution >= 0.6 is 0 Å². The molecule has 0 spiro atoms. The number of ether oxygens (including phenoxy) is 1. The second kappa shape index (κ2) is 4.57. The van der Waals surface area contributed by atoms with E-state index in [9.17, 15) is 4.79 Å². The van der Waals surface area contributed by atoms with E-state index in [4.69, 9.17) is 4.74 Å². The molecule has 0 radical (unpaired) electrons. The zero-order valence-corrected chi connectivity index (χ0v) is 8.71. The van der Waals surface area contributed by atoms with Crippen molar-refractivity contribution < 1.29 is 14.1 Å². The fourth-order valence-corrected chi connectivity index (χ4v) is 1.16. The number of rotatable bonds is 3. The van der Waals surface area contributed by atoms with Gasteiger partial charge in [-0.25, -0.2) is 4.79 Å². The zero-order chi connectivity index (χ0) is 11.4. The summed E-state index contributed by atoms with van der Waals surface area (Å²) in [6, 6.07) is 9.38. The van der Waals surface area contributed by atoms with Gasteiger partial charge in [-0.3, -0.25) is 0 Å². The van der Waals surface area contributed by atoms with Gasteiger partial charge in [0.05, 0.1) is 0 Å². The van der Waals surface area contributed by atoms with E-state index in [1.807, 2.05) is 30.3 Å². The highest BCUT2D eigenvalue weighted by Crippen LogP contribution is 2.04. The van der Waals surface area contributed by atoms with Gasteiger partial charge in [-0.1, -0.05) is 35.5 Å². The first kappa shape index (κ1) is 10.4. The van der Waals surface area contributed by atoms with Gasteiger partial charge in [0.25, 0.3) is 0 Å². The van der Waals surface area contributed by atoms with Crippen LogP contribution in [0.3, 0.4) is 0 Å². The standard InChI is InChI=1S/C11H10N2O3/c1-8-12-10(16-13-8)11(14)15-7-9-5-3-2-4-6-9/h2-6H,7H2,1H3. The van der Waals surface area contributed by atoms with Crippen LogP contribution in [-0.4, -0.2) is 16.1 Å². The molecule has 1 aromatic heterocycles. The summed E-state index contributed by atoms with van der Waals surface area (Å²) >= 11 is 0. The van der Waals surface area contributed by atoms with Crippen LogP contribution in [0.25, 0.3) is 0 Å². The molecule has 0 aliphatic carbocycles. The number of carbonyl (C=O) groups is 1. The van der Waals surface area contributed by atoms with Crippen LogP contribution < -0.4 is 0 Å². The molecule has 5 nitrogen and oxygen atoms in total. The second-order valence-corrected chi connectivity index (χ2v) is 3.21. The van der Waals surface area contributed by atoms with Crippen LogP contribution in [0.5, 0.6) is 0 Å². The minimum Gasteiger partial charge on any atom is -0.454 e. The number of nitrogens with zero attached hydrogens (tertiary/aromatic N) is 2. The number of hydrogen-bond donors (Lipinski definition) is 0. The molecule has 5 heteroatoms. The van der Waals surface area contributed by atoms with Crippen molar-refractivity contribution in [3.05, 3.63) is 47.6 Å². The Hall–Kier alpha value is -2.17. The third kappa shape index (κ3) is 2.44. The lowest BCUT2D eigenvalue weighted by atomic mass is 10.2. The Morgan fingerprint density at radius 3 is 2.75 bits per heavy atom. The normalized spacial score (nSPS) is 10.1. The summed E-state index contributed by atoms with van der Waals surface area (Å²) in [5, 5.41) is 3.51. The van der Waals surface area contributed by atoms with Gasteiger partial charge in [-0.2, -0.15) is 4.98 Å². The molecule has 0 unspecified atom stereocenters. The summed E-state index contributed by atoms with van der Waals surface area (Å²) in [6.45, 7) is 1.83. The first-order valence-corrected chi connectivity index (χ1v) is 4.77. The van der Waals surface area contributed by atoms with E-state index >= 15 is 0 Å². The molecule has 0 N–H and O–H groups in total. The minimum atomic E-state index is -0.607. The quantitative estimate of drug-likeness (QED) is 0.734. The average Bonchev–Trinajstić information content (AvgIpc) is 2.74. The van der Waals surface area contributed by atoms with Crippen molar-refractivity contribution in [3.63, 3.8) is 0 Å². The van der Waals surface area contributed by atoms with Gasteiger partial charge in [0.15, 0.2) is 5.82 Å². The van der Waals surface area contributed by atoms with Gasteiger partial charge in [0.2, 0.25) is 0 Å². The molecule has 1 aromatic carbocycles. The van der Waals surface area contributed by atoms with Crippen LogP contribution in [-0.2, 0) is 11.3 Å². The highest BCUT2D eigenvalue weighted by atomic mass is 16.6. The number of esters is 1. The highest BCUT2D eigenvalue weighted by molar-refractivity contribution is 5.83. The van der Waals surface area contributed by atoms with Gasteiger partial charge in [0, 0.05) is 0 Å². The van der Waals surface area contributed by atoms with Crippen molar-refractivity contribution in [2.45, 2.75) is 13.5 Å². The largest absolute Gasteiger partial charge is 0.454 e. The molecule has 0 fully saturated rings. The highest BCUT2D eigenvalue weighted by Gasteiger charge is 2.14. The fourth-order valence-electron chi connectivity index (χ4n) is 1.16. The molecular formula is C11H10N2O3. The Labute approximate surface area is 92.0 Å². The molecule has 0 bridgehead atoms. The van der Waals surface area contributed by atoms with Gasteiger partial charge in [-0.05, 0) is 12.5 Å². The van der Waals surface area contributed by atoms with Crippen LogP contribution in [0.4, 0.5) is 0 Å². The number of hydrogen-bond acceptors (Lipinski definition) is 5. The molecule has 2 rings (SSSR count). The van der Waals surface area contributed by atoms with Crippen molar-refractivity contribution >= 4 is 5.97 Å². The molecular weight excluding hydrogens is 208 g/mol. The Balaban J connectivity index is 1.94. The first-order chi connectivity index (χ1) is 7.75. The number of aryl methyl sites for hydroxylation is 1. The minimum absolute atomic E-state index is 0.117. The van der Waals surface area contributed by atoms with Crippen LogP contribution in [0.15, 0.2) is 34.9 Å². The van der Waals surface area contributed by atoms with Gasteiger partial charge in [0.1, 0.15) is 6.61 Å². The molecule has 2 aromatic rings. The number of benzene rings is 1. The van der Waals surface area contributed by atoms with E-state index in [2.05, 4.69) is 14.7 Å². The maximum Gasteiger partial charge on any atom is 0.397 e. The Kier molecular flexibility index (Phi) is 2.95. The number of aromatic nitrogens is 2. The molecule has 0 amide bonds. The maximum absolute atomic E-state index is 11.4. The first-order valence-electron chi connectivity index (χ1n) is 4.77. The maximum atomic E-state index is 11.4. The summed E-state index contributed by atoms with van der Waals surface area (Å²) < 4.78 is 9.67. The molecule has 0 saturated carbocycles. The van der Waals surface area contributed by atoms with E-state index < -0.39 is 5.97 Å². The Morgan fingerprint density at radius 1 is 1.38 bits per heavy atom. The lowest BCUT2D eigenvalue weighted by Gasteiger charge is -2.00. The molecule has 0 aliphatic heterocycles. The third-order valence-corrected chi connectivity index (χ3v) is 1.91. The smallest absolute Gasteiger partial charge is 0.397 e. The van der Waals surface area contributed by atoms with E-state index in [1.54, 1.807) is 6.92 Å². The van der Waals surface area contributed by atoms with Crippen molar-refractivity contribution in [1.82, 2.24) is 10.1 Å². The summed E-state index contributed by atoms with van der Waals surface area (Å²) in [4.78, 5) is 15.2. The molecule has 0 atom stereocenters. The van der Waals surface area contributed by atoms with Gasteiger partial charge < -0.3 is 9.26 Å². The van der Waals surface area contributed by atoms with E-state index in [1.165, 1.54) is 0 Å². The van der Waals surface area contributed by atoms with E-state index in [0.29, 0.717) is 5.82 Å². The summed E-state index contributed by atoms with van der Waals surface area (Å²) in [7, 11) is 0. The summed E-state index contributed by atoms with van der Waals surface area (Å²) in [5.41, 5.74) is 0.909. The van der Waals surface area contributed by atoms with Crippen molar-refractivity contribution in [2.75, 3.05) is 0 Å². The summed E-state index contributed by atoms with van der Waals surface area (Å²) in [5.74, 6) is -0.315. The van der Waals surface area contributed by atoms with Crippen molar-refractivity contribution in [3.8, 4) is 0 Å². The van der Waals surface area contributed by atoms with Crippen LogP contribution in [0, 0.1) is 6.92 Å². The number of carbonyl (C=O) groups excluding carboxylic acids is 1. The predicted molar refractivity (Wildman–Crippen MR) is 54.6 cm³/mol. The molecule has 82 valence electrons. The monoisotopic (exact) mass is 218 g/mol. The van der Waals surface area contributed by atoms with Gasteiger partial charge in [-0.15, -0.1) is 0 Å². The van der Waals surface area contributed by atoms with E-state index in [0.717, 1.165) is 5.56 Å². The lowest BCUT2D eigenvalue weighted by molar-refractivity contribution is 0.0416. The molecule has 0 aliphatic rings. The molecule has 0 saturated heterocycles. The predicted octanol–water partition coefficient (Wildman–Crippen LogP) is 1.74. The van der Waals surface area contributed by atoms with Crippen LogP contribution in [0.1, 0.15) is 22.1 Å².